The van der Waals surface area contributed by atoms with Gasteiger partial charge in [0.05, 0.1) is 18.8 Å². The van der Waals surface area contributed by atoms with Crippen LogP contribution in [0.25, 0.3) is 0 Å². The van der Waals surface area contributed by atoms with E-state index < -0.39 is 0 Å². The van der Waals surface area contributed by atoms with E-state index in [0.717, 1.165) is 30.2 Å². The average molecular weight is 310 g/mol. The SMILES string of the molecule is Cc1ccc(CC(NN)C2CN3CCCC3CO2)c(Cl)c1. The van der Waals surface area contributed by atoms with E-state index in [1.807, 2.05) is 13.0 Å². The van der Waals surface area contributed by atoms with E-state index in [9.17, 15) is 0 Å². The maximum atomic E-state index is 6.34. The highest BCUT2D eigenvalue weighted by Crippen LogP contribution is 2.26. The molecule has 0 aliphatic carbocycles. The molecule has 2 fully saturated rings. The topological polar surface area (TPSA) is 50.5 Å². The zero-order valence-electron chi connectivity index (χ0n) is 12.5. The molecule has 0 radical (unpaired) electrons. The molecule has 0 amide bonds. The van der Waals surface area contributed by atoms with E-state index in [2.05, 4.69) is 22.5 Å². The van der Waals surface area contributed by atoms with Crippen LogP contribution in [0.15, 0.2) is 18.2 Å². The Morgan fingerprint density at radius 3 is 3.14 bits per heavy atom. The third-order valence-electron chi connectivity index (χ3n) is 4.73. The Morgan fingerprint density at radius 1 is 1.52 bits per heavy atom. The standard InChI is InChI=1S/C16H24ClN3O/c1-11-4-5-12(14(17)7-11)8-15(19-18)16-9-20-6-2-3-13(20)10-21-16/h4-5,7,13,15-16,19H,2-3,6,8-10,18H2,1H3. The van der Waals surface area contributed by atoms with Gasteiger partial charge in [-0.05, 0) is 49.9 Å². The molecule has 2 saturated heterocycles. The van der Waals surface area contributed by atoms with Crippen LogP contribution in [0.3, 0.4) is 0 Å². The molecule has 1 aromatic carbocycles. The molecule has 0 bridgehead atoms. The second kappa shape index (κ2) is 6.63. The maximum absolute atomic E-state index is 6.34. The van der Waals surface area contributed by atoms with E-state index in [0.29, 0.717) is 6.04 Å². The molecule has 3 rings (SSSR count). The molecule has 0 spiro atoms. The molecular formula is C16H24ClN3O. The fourth-order valence-electron chi connectivity index (χ4n) is 3.44. The third kappa shape index (κ3) is 3.41. The lowest BCUT2D eigenvalue weighted by molar-refractivity contribution is -0.0644. The number of morpholine rings is 1. The Labute approximate surface area is 131 Å². The molecule has 116 valence electrons. The monoisotopic (exact) mass is 309 g/mol. The number of ether oxygens (including phenoxy) is 1. The second-order valence-corrected chi connectivity index (χ2v) is 6.64. The lowest BCUT2D eigenvalue weighted by Gasteiger charge is -2.38. The van der Waals surface area contributed by atoms with Crippen LogP contribution in [-0.4, -0.2) is 42.8 Å². The van der Waals surface area contributed by atoms with Gasteiger partial charge < -0.3 is 4.74 Å². The van der Waals surface area contributed by atoms with Crippen LogP contribution in [0, 0.1) is 6.92 Å². The first-order valence-corrected chi connectivity index (χ1v) is 8.12. The van der Waals surface area contributed by atoms with Gasteiger partial charge in [0.25, 0.3) is 0 Å². The van der Waals surface area contributed by atoms with Gasteiger partial charge in [0.15, 0.2) is 0 Å². The smallest absolute Gasteiger partial charge is 0.0872 e. The number of hydrazine groups is 1. The van der Waals surface area contributed by atoms with E-state index in [1.165, 1.54) is 24.9 Å². The summed E-state index contributed by atoms with van der Waals surface area (Å²) >= 11 is 6.34. The van der Waals surface area contributed by atoms with Gasteiger partial charge in [-0.15, -0.1) is 0 Å². The summed E-state index contributed by atoms with van der Waals surface area (Å²) < 4.78 is 6.05. The largest absolute Gasteiger partial charge is 0.374 e. The second-order valence-electron chi connectivity index (χ2n) is 6.23. The summed E-state index contributed by atoms with van der Waals surface area (Å²) in [6.45, 7) is 5.02. The van der Waals surface area contributed by atoms with Crippen molar-refractivity contribution in [3.63, 3.8) is 0 Å². The van der Waals surface area contributed by atoms with Gasteiger partial charge in [-0.1, -0.05) is 23.7 Å². The number of rotatable bonds is 4. The molecule has 0 aromatic heterocycles. The summed E-state index contributed by atoms with van der Waals surface area (Å²) in [5.41, 5.74) is 5.23. The summed E-state index contributed by atoms with van der Waals surface area (Å²) in [7, 11) is 0. The molecule has 3 atom stereocenters. The number of hydrogen-bond donors (Lipinski definition) is 2. The minimum absolute atomic E-state index is 0.0896. The predicted octanol–water partition coefficient (Wildman–Crippen LogP) is 1.89. The summed E-state index contributed by atoms with van der Waals surface area (Å²) in [4.78, 5) is 2.54. The highest BCUT2D eigenvalue weighted by molar-refractivity contribution is 6.31. The first kappa shape index (κ1) is 15.3. The Morgan fingerprint density at radius 2 is 2.38 bits per heavy atom. The molecule has 2 aliphatic heterocycles. The van der Waals surface area contributed by atoms with Crippen LogP contribution < -0.4 is 11.3 Å². The van der Waals surface area contributed by atoms with Gasteiger partial charge >= 0.3 is 0 Å². The summed E-state index contributed by atoms with van der Waals surface area (Å²) in [6, 6.07) is 6.88. The molecular weight excluding hydrogens is 286 g/mol. The van der Waals surface area contributed by atoms with E-state index in [-0.39, 0.29) is 12.1 Å². The fourth-order valence-corrected chi connectivity index (χ4v) is 3.75. The highest BCUT2D eigenvalue weighted by Gasteiger charge is 2.35. The first-order chi connectivity index (χ1) is 10.2. The van der Waals surface area contributed by atoms with Crippen molar-refractivity contribution in [1.82, 2.24) is 10.3 Å². The van der Waals surface area contributed by atoms with Gasteiger partial charge in [-0.2, -0.15) is 0 Å². The number of hydrogen-bond acceptors (Lipinski definition) is 4. The van der Waals surface area contributed by atoms with Crippen molar-refractivity contribution in [1.29, 1.82) is 0 Å². The molecule has 5 heteroatoms. The molecule has 21 heavy (non-hydrogen) atoms. The Balaban J connectivity index is 1.67. The van der Waals surface area contributed by atoms with Crippen molar-refractivity contribution < 1.29 is 4.74 Å². The van der Waals surface area contributed by atoms with Gasteiger partial charge in [0, 0.05) is 17.6 Å². The van der Waals surface area contributed by atoms with Gasteiger partial charge in [-0.25, -0.2) is 0 Å². The van der Waals surface area contributed by atoms with Crippen molar-refractivity contribution in [2.75, 3.05) is 19.7 Å². The van der Waals surface area contributed by atoms with Crippen molar-refractivity contribution in [3.05, 3.63) is 34.3 Å². The van der Waals surface area contributed by atoms with Crippen molar-refractivity contribution in [3.8, 4) is 0 Å². The normalized spacial score (nSPS) is 27.6. The fraction of sp³-hybridized carbons (Fsp3) is 0.625. The quantitative estimate of drug-likeness (QED) is 0.659. The minimum atomic E-state index is 0.0896. The highest BCUT2D eigenvalue weighted by atomic mass is 35.5. The lowest BCUT2D eigenvalue weighted by atomic mass is 9.99. The van der Waals surface area contributed by atoms with Gasteiger partial charge in [0.2, 0.25) is 0 Å². The Kier molecular flexibility index (Phi) is 4.82. The number of nitrogens with one attached hydrogen (secondary N) is 1. The first-order valence-electron chi connectivity index (χ1n) is 7.74. The van der Waals surface area contributed by atoms with Crippen LogP contribution in [0.4, 0.5) is 0 Å². The van der Waals surface area contributed by atoms with Crippen LogP contribution in [0.1, 0.15) is 24.0 Å². The van der Waals surface area contributed by atoms with Crippen LogP contribution in [-0.2, 0) is 11.2 Å². The zero-order valence-corrected chi connectivity index (χ0v) is 13.3. The molecule has 2 heterocycles. The summed E-state index contributed by atoms with van der Waals surface area (Å²) in [6.07, 6.45) is 3.46. The zero-order chi connectivity index (χ0) is 14.8. The van der Waals surface area contributed by atoms with Crippen molar-refractivity contribution in [2.24, 2.45) is 5.84 Å². The van der Waals surface area contributed by atoms with Gasteiger partial charge in [-0.3, -0.25) is 16.2 Å². The van der Waals surface area contributed by atoms with Crippen LogP contribution in [0.2, 0.25) is 5.02 Å². The molecule has 0 saturated carbocycles. The van der Waals surface area contributed by atoms with Gasteiger partial charge in [0.1, 0.15) is 0 Å². The number of aryl methyl sites for hydroxylation is 1. The number of halogens is 1. The van der Waals surface area contributed by atoms with E-state index >= 15 is 0 Å². The van der Waals surface area contributed by atoms with Crippen molar-refractivity contribution >= 4 is 11.6 Å². The molecule has 2 aliphatic rings. The molecule has 4 nitrogen and oxygen atoms in total. The van der Waals surface area contributed by atoms with E-state index in [1.54, 1.807) is 0 Å². The lowest BCUT2D eigenvalue weighted by Crippen LogP contribution is -2.56. The minimum Gasteiger partial charge on any atom is -0.374 e. The average Bonchev–Trinajstić information content (AvgIpc) is 2.94. The third-order valence-corrected chi connectivity index (χ3v) is 5.08. The molecule has 1 aromatic rings. The number of nitrogens with two attached hydrogens (primary N) is 1. The number of benzene rings is 1. The Hall–Kier alpha value is -0.650. The summed E-state index contributed by atoms with van der Waals surface area (Å²) in [5.74, 6) is 5.78. The summed E-state index contributed by atoms with van der Waals surface area (Å²) in [5, 5.41) is 0.810. The van der Waals surface area contributed by atoms with Crippen LogP contribution in [0.5, 0.6) is 0 Å². The number of fused-ring (bicyclic) bond motifs is 1. The molecule has 3 N–H and O–H groups in total. The van der Waals surface area contributed by atoms with E-state index in [4.69, 9.17) is 22.2 Å². The predicted molar refractivity (Wildman–Crippen MR) is 85.3 cm³/mol. The molecule has 3 unspecified atom stereocenters. The van der Waals surface area contributed by atoms with Crippen molar-refractivity contribution in [2.45, 2.75) is 44.4 Å². The van der Waals surface area contributed by atoms with Crippen LogP contribution >= 0.6 is 11.6 Å². The maximum Gasteiger partial charge on any atom is 0.0872 e. The Bertz CT molecular complexity index is 496. The number of nitrogens with zero attached hydrogens (tertiary/aromatic N) is 1.